The van der Waals surface area contributed by atoms with Crippen molar-refractivity contribution >= 4 is 48.6 Å². The lowest BCUT2D eigenvalue weighted by molar-refractivity contribution is 0.795. The van der Waals surface area contributed by atoms with E-state index in [1.54, 1.807) is 0 Å². The van der Waals surface area contributed by atoms with Gasteiger partial charge < -0.3 is 4.90 Å². The van der Waals surface area contributed by atoms with Crippen LogP contribution in [0.15, 0.2) is 212 Å². The minimum Gasteiger partial charge on any atom is -0.310 e. The molecule has 10 aromatic rings. The van der Waals surface area contributed by atoms with Gasteiger partial charge >= 0.3 is 0 Å². The number of thiophene rings is 1. The summed E-state index contributed by atoms with van der Waals surface area (Å²) in [6.07, 6.45) is 0. The highest BCUT2D eigenvalue weighted by Gasteiger charge is 2.52. The Labute approximate surface area is 336 Å². The van der Waals surface area contributed by atoms with Crippen molar-refractivity contribution in [3.63, 3.8) is 0 Å². The Balaban J connectivity index is 1.13. The average Bonchev–Trinajstić information content (AvgIpc) is 3.90. The van der Waals surface area contributed by atoms with E-state index in [9.17, 15) is 0 Å². The van der Waals surface area contributed by atoms with E-state index in [2.05, 4.69) is 217 Å². The van der Waals surface area contributed by atoms with Gasteiger partial charge in [0.05, 0.1) is 11.1 Å². The first kappa shape index (κ1) is 32.3. The van der Waals surface area contributed by atoms with Crippen LogP contribution in [0.25, 0.3) is 64.7 Å². The molecule has 0 saturated carbocycles. The normalized spacial score (nSPS) is 14.7. The van der Waals surface area contributed by atoms with Crippen LogP contribution in [0.2, 0.25) is 0 Å². The van der Waals surface area contributed by atoms with Gasteiger partial charge in [0.1, 0.15) is 0 Å². The summed E-state index contributed by atoms with van der Waals surface area (Å²) in [5.41, 5.74) is 18.4. The van der Waals surface area contributed by atoms with Crippen LogP contribution < -0.4 is 4.90 Å². The lowest BCUT2D eigenvalue weighted by atomic mass is 9.70. The maximum absolute atomic E-state index is 2.53. The van der Waals surface area contributed by atoms with Gasteiger partial charge in [-0.3, -0.25) is 0 Å². The number of anilines is 3. The third-order valence-electron chi connectivity index (χ3n) is 12.3. The molecule has 1 aromatic heterocycles. The van der Waals surface area contributed by atoms with Crippen LogP contribution in [-0.2, 0) is 5.41 Å². The zero-order chi connectivity index (χ0) is 37.5. The van der Waals surface area contributed by atoms with Crippen LogP contribution in [0.5, 0.6) is 0 Å². The van der Waals surface area contributed by atoms with Crippen LogP contribution in [0.1, 0.15) is 22.3 Å². The van der Waals surface area contributed by atoms with E-state index in [4.69, 9.17) is 0 Å². The van der Waals surface area contributed by atoms with Gasteiger partial charge in [0.25, 0.3) is 0 Å². The molecule has 57 heavy (non-hydrogen) atoms. The first-order valence-electron chi connectivity index (χ1n) is 19.7. The molecule has 9 aromatic carbocycles. The fourth-order valence-electron chi connectivity index (χ4n) is 9.89. The zero-order valence-corrected chi connectivity index (χ0v) is 31.9. The molecule has 0 N–H and O–H groups in total. The van der Waals surface area contributed by atoms with Crippen molar-refractivity contribution in [1.29, 1.82) is 0 Å². The monoisotopic (exact) mass is 741 g/mol. The van der Waals surface area contributed by atoms with Gasteiger partial charge in [0.2, 0.25) is 0 Å². The first-order chi connectivity index (χ1) is 28.3. The lowest BCUT2D eigenvalue weighted by Crippen LogP contribution is -2.26. The highest BCUT2D eigenvalue weighted by Crippen LogP contribution is 2.65. The third kappa shape index (κ3) is 4.68. The summed E-state index contributed by atoms with van der Waals surface area (Å²) >= 11 is 1.90. The fourth-order valence-corrected chi connectivity index (χ4v) is 11.0. The van der Waals surface area contributed by atoms with Crippen LogP contribution in [0, 0.1) is 0 Å². The highest BCUT2D eigenvalue weighted by atomic mass is 32.1. The van der Waals surface area contributed by atoms with Crippen LogP contribution in [0.3, 0.4) is 0 Å². The van der Waals surface area contributed by atoms with E-state index in [0.717, 1.165) is 11.4 Å². The minimum atomic E-state index is -0.465. The molecule has 1 unspecified atom stereocenters. The number of benzene rings is 9. The molecule has 0 radical (unpaired) electrons. The van der Waals surface area contributed by atoms with Crippen molar-refractivity contribution in [3.05, 3.63) is 235 Å². The summed E-state index contributed by atoms with van der Waals surface area (Å²) in [6, 6.07) is 78.7. The number of rotatable bonds is 5. The lowest BCUT2D eigenvalue weighted by Gasteiger charge is -2.32. The molecule has 0 saturated heterocycles. The number of fused-ring (bicyclic) bond motifs is 13. The molecular formula is C55H35NS. The Morgan fingerprint density at radius 2 is 0.930 bits per heavy atom. The van der Waals surface area contributed by atoms with Crippen molar-refractivity contribution in [2.45, 2.75) is 5.41 Å². The molecule has 0 aliphatic heterocycles. The highest BCUT2D eigenvalue weighted by molar-refractivity contribution is 7.25. The molecule has 2 aliphatic carbocycles. The van der Waals surface area contributed by atoms with Gasteiger partial charge in [0, 0.05) is 37.1 Å². The van der Waals surface area contributed by atoms with Crippen LogP contribution in [-0.4, -0.2) is 0 Å². The van der Waals surface area contributed by atoms with E-state index in [1.165, 1.54) is 92.6 Å². The smallest absolute Gasteiger partial charge is 0.0726 e. The zero-order valence-electron chi connectivity index (χ0n) is 31.1. The Bertz CT molecular complexity index is 3180. The molecule has 0 bridgehead atoms. The predicted molar refractivity (Wildman–Crippen MR) is 241 cm³/mol. The fraction of sp³-hybridized carbons (Fsp3) is 0.0182. The topological polar surface area (TPSA) is 3.24 Å². The average molecular weight is 742 g/mol. The van der Waals surface area contributed by atoms with E-state index in [-0.39, 0.29) is 0 Å². The quantitative estimate of drug-likeness (QED) is 0.170. The van der Waals surface area contributed by atoms with E-state index in [0.29, 0.717) is 0 Å². The van der Waals surface area contributed by atoms with Crippen molar-refractivity contribution in [2.75, 3.05) is 4.90 Å². The molecule has 2 aliphatic rings. The van der Waals surface area contributed by atoms with Crippen molar-refractivity contribution in [3.8, 4) is 44.5 Å². The third-order valence-corrected chi connectivity index (χ3v) is 13.4. The summed E-state index contributed by atoms with van der Waals surface area (Å²) in [4.78, 5) is 2.48. The second-order valence-electron chi connectivity index (χ2n) is 15.2. The summed E-state index contributed by atoms with van der Waals surface area (Å²) in [7, 11) is 0. The first-order valence-corrected chi connectivity index (χ1v) is 20.5. The minimum absolute atomic E-state index is 0.465. The maximum atomic E-state index is 2.53. The van der Waals surface area contributed by atoms with Crippen molar-refractivity contribution in [1.82, 2.24) is 0 Å². The van der Waals surface area contributed by atoms with Gasteiger partial charge in [0.15, 0.2) is 0 Å². The number of hydrogen-bond donors (Lipinski definition) is 0. The van der Waals surface area contributed by atoms with Gasteiger partial charge in [-0.15, -0.1) is 11.3 Å². The maximum Gasteiger partial charge on any atom is 0.0726 e. The summed E-state index contributed by atoms with van der Waals surface area (Å²) in [6.45, 7) is 0. The number of nitrogens with zero attached hydrogens (tertiary/aromatic N) is 1. The largest absolute Gasteiger partial charge is 0.310 e. The molecular weight excluding hydrogens is 707 g/mol. The van der Waals surface area contributed by atoms with E-state index >= 15 is 0 Å². The second-order valence-corrected chi connectivity index (χ2v) is 16.3. The van der Waals surface area contributed by atoms with Gasteiger partial charge in [-0.25, -0.2) is 0 Å². The summed E-state index contributed by atoms with van der Waals surface area (Å²) in [5, 5.41) is 2.67. The molecule has 2 heteroatoms. The molecule has 0 fully saturated rings. The molecule has 1 spiro atoms. The molecule has 1 atom stereocenters. The molecule has 12 rings (SSSR count). The Kier molecular flexibility index (Phi) is 7.08. The molecule has 1 nitrogen and oxygen atoms in total. The van der Waals surface area contributed by atoms with Gasteiger partial charge in [-0.05, 0) is 110 Å². The Hall–Kier alpha value is -7.00. The van der Waals surface area contributed by atoms with Gasteiger partial charge in [-0.1, -0.05) is 164 Å². The second kappa shape index (κ2) is 12.5. The van der Waals surface area contributed by atoms with Gasteiger partial charge in [-0.2, -0.15) is 0 Å². The summed E-state index contributed by atoms with van der Waals surface area (Å²) in [5.74, 6) is 0. The number of hydrogen-bond acceptors (Lipinski definition) is 2. The Morgan fingerprint density at radius 3 is 1.72 bits per heavy atom. The summed E-state index contributed by atoms with van der Waals surface area (Å²) < 4.78 is 2.67. The van der Waals surface area contributed by atoms with Crippen LogP contribution in [0.4, 0.5) is 17.1 Å². The molecule has 0 amide bonds. The Morgan fingerprint density at radius 1 is 0.333 bits per heavy atom. The van der Waals surface area contributed by atoms with Crippen molar-refractivity contribution in [2.24, 2.45) is 0 Å². The van der Waals surface area contributed by atoms with Crippen molar-refractivity contribution < 1.29 is 0 Å². The SMILES string of the molecule is c1ccc(-c2ccc(N(c3cccc(-c4ccccc4)c3)c3cccc4c3-c3ccccc3C43c4ccccc4-c4cc5c(cc43)sc3ccccc35)cc2)cc1. The molecule has 1 heterocycles. The van der Waals surface area contributed by atoms with Crippen LogP contribution >= 0.6 is 11.3 Å². The predicted octanol–water partition coefficient (Wildman–Crippen LogP) is 15.2. The van der Waals surface area contributed by atoms with E-state index in [1.807, 2.05) is 11.3 Å². The van der Waals surface area contributed by atoms with E-state index < -0.39 is 5.41 Å². The molecule has 266 valence electrons. The standard InChI is InChI=1S/C55H35NS/c1-3-15-36(16-4-1)38-29-31-40(32-30-38)56(41-20-13-19-39(33-41)37-17-5-2-6-18-37)51-27-14-26-49-54(51)44-23-8-11-25-48(44)55(49)47-24-10-7-21-42(47)45-34-46-43-22-9-12-28-52(43)57-53(46)35-50(45)55/h1-35H.